The molecular weight excluding hydrogens is 276 g/mol. The van der Waals surface area contributed by atoms with Crippen LogP contribution in [0, 0.1) is 0 Å². The van der Waals surface area contributed by atoms with E-state index in [4.69, 9.17) is 0 Å². The number of aromatic nitrogens is 1. The van der Waals surface area contributed by atoms with Crippen LogP contribution in [0.2, 0.25) is 0 Å². The normalized spacial score (nSPS) is 10.9. The summed E-state index contributed by atoms with van der Waals surface area (Å²) < 4.78 is 0. The van der Waals surface area contributed by atoms with Gasteiger partial charge in [-0.3, -0.25) is 9.88 Å². The fourth-order valence-corrected chi connectivity index (χ4v) is 3.10. The maximum Gasteiger partial charge on any atom is 0.0544 e. The Morgan fingerprint density at radius 3 is 2.38 bits per heavy atom. The second-order valence-corrected chi connectivity index (χ2v) is 6.06. The highest BCUT2D eigenvalue weighted by atomic mass is 32.1. The molecule has 0 aliphatic carbocycles. The molecule has 0 aliphatic rings. The molecule has 0 unspecified atom stereocenters. The van der Waals surface area contributed by atoms with Gasteiger partial charge >= 0.3 is 0 Å². The van der Waals surface area contributed by atoms with Gasteiger partial charge in [0.05, 0.1) is 5.69 Å². The molecule has 0 fully saturated rings. The zero-order chi connectivity index (χ0) is 14.3. The van der Waals surface area contributed by atoms with Crippen molar-refractivity contribution in [2.45, 2.75) is 19.6 Å². The lowest BCUT2D eigenvalue weighted by Gasteiger charge is -2.21. The van der Waals surface area contributed by atoms with Crippen LogP contribution in [0.4, 0.5) is 0 Å². The van der Waals surface area contributed by atoms with Gasteiger partial charge < -0.3 is 0 Å². The molecule has 2 nitrogen and oxygen atoms in total. The highest BCUT2D eigenvalue weighted by molar-refractivity contribution is 7.09. The molecule has 3 aromatic rings. The average molecular weight is 294 g/mol. The van der Waals surface area contributed by atoms with E-state index >= 15 is 0 Å². The lowest BCUT2D eigenvalue weighted by molar-refractivity contribution is 0.247. The summed E-state index contributed by atoms with van der Waals surface area (Å²) in [5.74, 6) is 0. The van der Waals surface area contributed by atoms with E-state index in [2.05, 4.69) is 63.8 Å². The van der Waals surface area contributed by atoms with Gasteiger partial charge in [-0.05, 0) is 29.1 Å². The van der Waals surface area contributed by atoms with Crippen LogP contribution >= 0.6 is 11.3 Å². The van der Waals surface area contributed by atoms with Crippen molar-refractivity contribution >= 4 is 11.3 Å². The number of hydrogen-bond donors (Lipinski definition) is 0. The number of hydrogen-bond acceptors (Lipinski definition) is 3. The lowest BCUT2D eigenvalue weighted by atomic mass is 10.2. The molecule has 106 valence electrons. The zero-order valence-electron chi connectivity index (χ0n) is 11.9. The van der Waals surface area contributed by atoms with Crippen LogP contribution in [0.25, 0.3) is 0 Å². The third-order valence-corrected chi connectivity index (χ3v) is 4.18. The Hall–Kier alpha value is -1.97. The van der Waals surface area contributed by atoms with Crippen LogP contribution in [0.3, 0.4) is 0 Å². The molecule has 3 rings (SSSR count). The molecule has 2 aromatic heterocycles. The summed E-state index contributed by atoms with van der Waals surface area (Å²) in [6.45, 7) is 2.77. The second kappa shape index (κ2) is 7.16. The monoisotopic (exact) mass is 294 g/mol. The van der Waals surface area contributed by atoms with Gasteiger partial charge in [0, 0.05) is 30.7 Å². The molecule has 0 atom stereocenters. The van der Waals surface area contributed by atoms with Crippen LogP contribution in [-0.2, 0) is 19.6 Å². The first kappa shape index (κ1) is 14.0. The molecule has 1 aromatic carbocycles. The van der Waals surface area contributed by atoms with Gasteiger partial charge in [0.25, 0.3) is 0 Å². The summed E-state index contributed by atoms with van der Waals surface area (Å²) in [6, 6.07) is 21.0. The molecule has 0 radical (unpaired) electrons. The van der Waals surface area contributed by atoms with E-state index in [1.165, 1.54) is 10.4 Å². The minimum Gasteiger partial charge on any atom is -0.288 e. The maximum absolute atomic E-state index is 4.45. The van der Waals surface area contributed by atoms with Crippen LogP contribution in [0.15, 0.2) is 72.2 Å². The van der Waals surface area contributed by atoms with Gasteiger partial charge in [-0.15, -0.1) is 11.3 Å². The minimum atomic E-state index is 0.869. The Bertz CT molecular complexity index is 594. The van der Waals surface area contributed by atoms with Crippen LogP contribution in [0.1, 0.15) is 16.1 Å². The number of thiophene rings is 1. The van der Waals surface area contributed by atoms with E-state index < -0.39 is 0 Å². The van der Waals surface area contributed by atoms with E-state index in [9.17, 15) is 0 Å². The Kier molecular flexibility index (Phi) is 4.77. The van der Waals surface area contributed by atoms with Gasteiger partial charge in [0.1, 0.15) is 0 Å². The lowest BCUT2D eigenvalue weighted by Crippen LogP contribution is -2.22. The summed E-state index contributed by atoms with van der Waals surface area (Å²) in [4.78, 5) is 8.28. The molecule has 21 heavy (non-hydrogen) atoms. The molecule has 0 N–H and O–H groups in total. The number of pyridine rings is 1. The van der Waals surface area contributed by atoms with Crippen LogP contribution in [0.5, 0.6) is 0 Å². The van der Waals surface area contributed by atoms with E-state index in [0.717, 1.165) is 25.3 Å². The molecule has 3 heteroatoms. The first-order valence-electron chi connectivity index (χ1n) is 7.09. The largest absolute Gasteiger partial charge is 0.288 e. The number of rotatable bonds is 6. The molecule has 2 heterocycles. The minimum absolute atomic E-state index is 0.869. The Morgan fingerprint density at radius 2 is 1.67 bits per heavy atom. The standard InChI is InChI=1S/C18H18N2S/c1-2-7-16(8-3-1)13-20(15-18-10-6-12-21-18)14-17-9-4-5-11-19-17/h1-12H,13-15H2. The molecule has 0 spiro atoms. The molecule has 0 saturated carbocycles. The summed E-state index contributed by atoms with van der Waals surface area (Å²) in [5.41, 5.74) is 2.45. The number of nitrogens with zero attached hydrogens (tertiary/aromatic N) is 2. The summed E-state index contributed by atoms with van der Waals surface area (Å²) in [7, 11) is 0. The summed E-state index contributed by atoms with van der Waals surface area (Å²) in [6.07, 6.45) is 1.86. The van der Waals surface area contributed by atoms with Crippen molar-refractivity contribution in [1.29, 1.82) is 0 Å². The quantitative estimate of drug-likeness (QED) is 0.672. The molecule has 0 saturated heterocycles. The van der Waals surface area contributed by atoms with Crippen molar-refractivity contribution in [1.82, 2.24) is 9.88 Å². The van der Waals surface area contributed by atoms with Crippen molar-refractivity contribution in [2.24, 2.45) is 0 Å². The van der Waals surface area contributed by atoms with Crippen LogP contribution in [-0.4, -0.2) is 9.88 Å². The molecular formula is C18H18N2S. The van der Waals surface area contributed by atoms with Crippen LogP contribution < -0.4 is 0 Å². The van der Waals surface area contributed by atoms with Crippen molar-refractivity contribution in [3.05, 3.63) is 88.4 Å². The topological polar surface area (TPSA) is 16.1 Å². The van der Waals surface area contributed by atoms with E-state index in [0.29, 0.717) is 0 Å². The van der Waals surface area contributed by atoms with Gasteiger partial charge in [-0.1, -0.05) is 42.5 Å². The average Bonchev–Trinajstić information content (AvgIpc) is 3.02. The predicted octanol–water partition coefficient (Wildman–Crippen LogP) is 4.35. The van der Waals surface area contributed by atoms with E-state index in [-0.39, 0.29) is 0 Å². The first-order chi connectivity index (χ1) is 10.4. The highest BCUT2D eigenvalue weighted by Crippen LogP contribution is 2.16. The smallest absolute Gasteiger partial charge is 0.0544 e. The first-order valence-corrected chi connectivity index (χ1v) is 7.97. The van der Waals surface area contributed by atoms with E-state index in [1.807, 2.05) is 29.7 Å². The van der Waals surface area contributed by atoms with Crippen molar-refractivity contribution < 1.29 is 0 Å². The van der Waals surface area contributed by atoms with E-state index in [1.54, 1.807) is 0 Å². The molecule has 0 amide bonds. The van der Waals surface area contributed by atoms with Gasteiger partial charge in [-0.25, -0.2) is 0 Å². The van der Waals surface area contributed by atoms with Gasteiger partial charge in [-0.2, -0.15) is 0 Å². The van der Waals surface area contributed by atoms with Crippen molar-refractivity contribution in [3.63, 3.8) is 0 Å². The Balaban J connectivity index is 1.74. The Morgan fingerprint density at radius 1 is 0.810 bits per heavy atom. The summed E-state index contributed by atoms with van der Waals surface area (Å²) >= 11 is 1.81. The maximum atomic E-state index is 4.45. The second-order valence-electron chi connectivity index (χ2n) is 5.03. The Labute approximate surface area is 129 Å². The third kappa shape index (κ3) is 4.25. The fourth-order valence-electron chi connectivity index (χ4n) is 2.35. The van der Waals surface area contributed by atoms with Crippen molar-refractivity contribution in [2.75, 3.05) is 0 Å². The van der Waals surface area contributed by atoms with Crippen molar-refractivity contribution in [3.8, 4) is 0 Å². The molecule has 0 aliphatic heterocycles. The molecule has 0 bridgehead atoms. The summed E-state index contributed by atoms with van der Waals surface area (Å²) in [5, 5.41) is 2.14. The predicted molar refractivity (Wildman–Crippen MR) is 87.9 cm³/mol. The fraction of sp³-hybridized carbons (Fsp3) is 0.167. The third-order valence-electron chi connectivity index (χ3n) is 3.32. The number of benzene rings is 1. The SMILES string of the molecule is c1ccc(CN(Cc2ccccn2)Cc2cccs2)cc1. The zero-order valence-corrected chi connectivity index (χ0v) is 12.7. The van der Waals surface area contributed by atoms with Gasteiger partial charge in [0.15, 0.2) is 0 Å². The highest BCUT2D eigenvalue weighted by Gasteiger charge is 2.09. The van der Waals surface area contributed by atoms with Gasteiger partial charge in [0.2, 0.25) is 0 Å².